The topological polar surface area (TPSA) is 117 Å². The number of methoxy groups -OCH3 is 1. The molecule has 30 heavy (non-hydrogen) atoms. The van der Waals surface area contributed by atoms with Crippen LogP contribution in [-0.4, -0.2) is 46.6 Å². The number of nitrogens with zero attached hydrogens (tertiary/aromatic N) is 3. The Hall–Kier alpha value is -3.27. The van der Waals surface area contributed by atoms with Crippen molar-refractivity contribution in [3.63, 3.8) is 0 Å². The number of aromatic nitrogens is 3. The summed E-state index contributed by atoms with van der Waals surface area (Å²) in [4.78, 5) is 43.9. The maximum absolute atomic E-state index is 12.8. The van der Waals surface area contributed by atoms with Crippen LogP contribution in [0.3, 0.4) is 0 Å². The van der Waals surface area contributed by atoms with Gasteiger partial charge in [-0.25, -0.2) is 9.78 Å². The van der Waals surface area contributed by atoms with Crippen LogP contribution >= 0.6 is 11.3 Å². The summed E-state index contributed by atoms with van der Waals surface area (Å²) in [6, 6.07) is 7.52. The number of rotatable bonds is 5. The Labute approximate surface area is 176 Å². The predicted molar refractivity (Wildman–Crippen MR) is 113 cm³/mol. The van der Waals surface area contributed by atoms with E-state index in [1.54, 1.807) is 0 Å². The van der Waals surface area contributed by atoms with Gasteiger partial charge in [-0.15, -0.1) is 11.3 Å². The van der Waals surface area contributed by atoms with Crippen molar-refractivity contribution < 1.29 is 19.1 Å². The lowest BCUT2D eigenvalue weighted by Gasteiger charge is -2.13. The minimum absolute atomic E-state index is 0.0544. The molecule has 0 radical (unpaired) electrons. The predicted octanol–water partition coefficient (Wildman–Crippen LogP) is 2.92. The Morgan fingerprint density at radius 3 is 2.83 bits per heavy atom. The summed E-state index contributed by atoms with van der Waals surface area (Å²) < 4.78 is 4.78. The number of H-pyrrole nitrogens is 1. The van der Waals surface area contributed by atoms with Crippen LogP contribution in [0.2, 0.25) is 0 Å². The van der Waals surface area contributed by atoms with Crippen LogP contribution in [0.5, 0.6) is 0 Å². The van der Waals surface area contributed by atoms with Gasteiger partial charge in [0.05, 0.1) is 18.5 Å². The van der Waals surface area contributed by atoms with Crippen molar-refractivity contribution in [3.8, 4) is 0 Å². The van der Waals surface area contributed by atoms with Crippen LogP contribution < -0.4 is 10.2 Å². The fourth-order valence-corrected chi connectivity index (χ4v) is 4.43. The van der Waals surface area contributed by atoms with Gasteiger partial charge in [0, 0.05) is 23.2 Å². The zero-order chi connectivity index (χ0) is 21.4. The van der Waals surface area contributed by atoms with Crippen molar-refractivity contribution in [2.45, 2.75) is 26.2 Å². The number of carbonyl (C=O) groups is 3. The maximum atomic E-state index is 12.8. The molecule has 3 heterocycles. The van der Waals surface area contributed by atoms with E-state index in [1.807, 2.05) is 38.1 Å². The molecule has 1 atom stereocenters. The fourth-order valence-electron chi connectivity index (χ4n) is 3.47. The standard InChI is InChI=1S/C20H21N5O4S/c1-10(2)16-15(19(28)29-3)21-20(30-16)22-18(27)11-8-14(26)25(9-11)17-12-6-4-5-7-13(12)23-24-17/h4-7,10-11H,8-9H2,1-3H3,(H,23,24)(H,21,22,27). The average Bonchev–Trinajstić information content (AvgIpc) is 3.43. The van der Waals surface area contributed by atoms with Crippen molar-refractivity contribution in [2.24, 2.45) is 5.92 Å². The lowest BCUT2D eigenvalue weighted by atomic mass is 10.1. The largest absolute Gasteiger partial charge is 0.464 e. The highest BCUT2D eigenvalue weighted by molar-refractivity contribution is 7.16. The van der Waals surface area contributed by atoms with Gasteiger partial charge in [-0.2, -0.15) is 5.10 Å². The highest BCUT2D eigenvalue weighted by Gasteiger charge is 2.37. The number of ether oxygens (including phenoxy) is 1. The first kappa shape index (κ1) is 20.0. The fraction of sp³-hybridized carbons (Fsp3) is 0.350. The Balaban J connectivity index is 1.51. The summed E-state index contributed by atoms with van der Waals surface area (Å²) in [6.45, 7) is 4.10. The number of hydrogen-bond donors (Lipinski definition) is 2. The zero-order valence-electron chi connectivity index (χ0n) is 16.8. The molecule has 1 saturated heterocycles. The number of anilines is 2. The molecular formula is C20H21N5O4S. The molecule has 2 amide bonds. The number of para-hydroxylation sites is 1. The van der Waals surface area contributed by atoms with E-state index in [0.29, 0.717) is 10.9 Å². The van der Waals surface area contributed by atoms with E-state index in [9.17, 15) is 14.4 Å². The molecule has 1 unspecified atom stereocenters. The molecular weight excluding hydrogens is 406 g/mol. The number of hydrogen-bond acceptors (Lipinski definition) is 7. The number of aromatic amines is 1. The second kappa shape index (κ2) is 7.86. The van der Waals surface area contributed by atoms with Crippen LogP contribution in [0.1, 0.15) is 41.6 Å². The molecule has 9 nitrogen and oxygen atoms in total. The van der Waals surface area contributed by atoms with E-state index >= 15 is 0 Å². The molecule has 0 bridgehead atoms. The van der Waals surface area contributed by atoms with Crippen molar-refractivity contribution in [3.05, 3.63) is 34.8 Å². The third kappa shape index (κ3) is 3.54. The SMILES string of the molecule is COC(=O)c1nc(NC(=O)C2CC(=O)N(c3n[nH]c4ccccc34)C2)sc1C(C)C. The Morgan fingerprint density at radius 1 is 1.33 bits per heavy atom. The van der Waals surface area contributed by atoms with Gasteiger partial charge in [-0.3, -0.25) is 19.6 Å². The molecule has 4 rings (SSSR count). The molecule has 156 valence electrons. The smallest absolute Gasteiger partial charge is 0.357 e. The lowest BCUT2D eigenvalue weighted by Crippen LogP contribution is -2.28. The number of nitrogens with one attached hydrogen (secondary N) is 2. The molecule has 1 fully saturated rings. The second-order valence-electron chi connectivity index (χ2n) is 7.37. The summed E-state index contributed by atoms with van der Waals surface area (Å²) in [6.07, 6.45) is 0.0826. The van der Waals surface area contributed by atoms with Crippen molar-refractivity contribution in [1.82, 2.24) is 15.2 Å². The number of esters is 1. The molecule has 3 aromatic rings. The van der Waals surface area contributed by atoms with Crippen LogP contribution in [0.15, 0.2) is 24.3 Å². The number of amides is 2. The quantitative estimate of drug-likeness (QED) is 0.605. The second-order valence-corrected chi connectivity index (χ2v) is 8.40. The molecule has 1 aromatic carbocycles. The molecule has 10 heteroatoms. The van der Waals surface area contributed by atoms with Crippen molar-refractivity contribution >= 4 is 51.0 Å². The van der Waals surface area contributed by atoms with Gasteiger partial charge in [0.1, 0.15) is 0 Å². The Kier molecular flexibility index (Phi) is 5.25. The van der Waals surface area contributed by atoms with Gasteiger partial charge >= 0.3 is 5.97 Å². The normalized spacial score (nSPS) is 16.5. The maximum Gasteiger partial charge on any atom is 0.357 e. The molecule has 2 aromatic heterocycles. The minimum atomic E-state index is -0.541. The van der Waals surface area contributed by atoms with Crippen LogP contribution in [0.25, 0.3) is 10.9 Å². The summed E-state index contributed by atoms with van der Waals surface area (Å²) in [5, 5.41) is 11.1. The highest BCUT2D eigenvalue weighted by Crippen LogP contribution is 2.33. The Bertz CT molecular complexity index is 1140. The summed E-state index contributed by atoms with van der Waals surface area (Å²) in [7, 11) is 1.29. The van der Waals surface area contributed by atoms with Crippen LogP contribution in [-0.2, 0) is 14.3 Å². The van der Waals surface area contributed by atoms with Gasteiger partial charge < -0.3 is 10.1 Å². The molecule has 1 aliphatic heterocycles. The third-order valence-electron chi connectivity index (χ3n) is 4.99. The van der Waals surface area contributed by atoms with E-state index in [0.717, 1.165) is 15.8 Å². The zero-order valence-corrected chi connectivity index (χ0v) is 17.6. The summed E-state index contributed by atoms with van der Waals surface area (Å²) in [5.41, 5.74) is 1.03. The van der Waals surface area contributed by atoms with Crippen LogP contribution in [0, 0.1) is 5.92 Å². The molecule has 0 spiro atoms. The van der Waals surface area contributed by atoms with Gasteiger partial charge in [-0.05, 0) is 18.1 Å². The average molecular weight is 427 g/mol. The van der Waals surface area contributed by atoms with Gasteiger partial charge in [0.2, 0.25) is 11.8 Å². The monoisotopic (exact) mass is 427 g/mol. The van der Waals surface area contributed by atoms with Gasteiger partial charge in [-0.1, -0.05) is 26.0 Å². The third-order valence-corrected chi connectivity index (χ3v) is 6.26. The molecule has 0 aliphatic carbocycles. The van der Waals surface area contributed by atoms with E-state index in [2.05, 4.69) is 20.5 Å². The molecule has 1 aliphatic rings. The summed E-state index contributed by atoms with van der Waals surface area (Å²) in [5.74, 6) is -0.978. The van der Waals surface area contributed by atoms with E-state index in [-0.39, 0.29) is 36.4 Å². The van der Waals surface area contributed by atoms with E-state index in [4.69, 9.17) is 4.74 Å². The van der Waals surface area contributed by atoms with E-state index in [1.165, 1.54) is 23.3 Å². The number of carbonyl (C=O) groups excluding carboxylic acids is 3. The van der Waals surface area contributed by atoms with Gasteiger partial charge in [0.15, 0.2) is 16.6 Å². The number of benzene rings is 1. The number of thiazole rings is 1. The molecule has 0 saturated carbocycles. The first-order chi connectivity index (χ1) is 14.4. The lowest BCUT2D eigenvalue weighted by molar-refractivity contribution is -0.122. The first-order valence-corrected chi connectivity index (χ1v) is 10.3. The summed E-state index contributed by atoms with van der Waals surface area (Å²) >= 11 is 1.24. The first-order valence-electron chi connectivity index (χ1n) is 9.52. The van der Waals surface area contributed by atoms with Crippen molar-refractivity contribution in [1.29, 1.82) is 0 Å². The minimum Gasteiger partial charge on any atom is -0.464 e. The highest BCUT2D eigenvalue weighted by atomic mass is 32.1. The van der Waals surface area contributed by atoms with Crippen molar-refractivity contribution in [2.75, 3.05) is 23.9 Å². The van der Waals surface area contributed by atoms with E-state index < -0.39 is 11.9 Å². The molecule has 2 N–H and O–H groups in total. The van der Waals surface area contributed by atoms with Crippen LogP contribution in [0.4, 0.5) is 10.9 Å². The Morgan fingerprint density at radius 2 is 2.10 bits per heavy atom. The van der Waals surface area contributed by atoms with Gasteiger partial charge in [0.25, 0.3) is 0 Å². The number of fused-ring (bicyclic) bond motifs is 1.